The average molecular weight is 337 g/mol. The lowest BCUT2D eigenvalue weighted by Crippen LogP contribution is -2.52. The lowest BCUT2D eigenvalue weighted by molar-refractivity contribution is -0.127. The van der Waals surface area contributed by atoms with Crippen molar-refractivity contribution >= 4 is 23.2 Å². The highest BCUT2D eigenvalue weighted by atomic mass is 32.1. The fourth-order valence-electron chi connectivity index (χ4n) is 2.47. The zero-order valence-electron chi connectivity index (χ0n) is 13.4. The molecular weight excluding hydrogens is 314 g/mol. The van der Waals surface area contributed by atoms with Gasteiger partial charge in [-0.2, -0.15) is 0 Å². The average Bonchev–Trinajstić information content (AvgIpc) is 3.06. The van der Waals surface area contributed by atoms with Gasteiger partial charge in [-0.05, 0) is 44.1 Å². The van der Waals surface area contributed by atoms with E-state index < -0.39 is 6.10 Å². The fraction of sp³-hybridized carbons (Fsp3) is 0.500. The van der Waals surface area contributed by atoms with Crippen LogP contribution in [0.5, 0.6) is 11.5 Å². The molecule has 0 aliphatic heterocycles. The number of para-hydroxylation sites is 2. The summed E-state index contributed by atoms with van der Waals surface area (Å²) in [5.74, 6) is 0.786. The molecule has 0 spiro atoms. The minimum absolute atomic E-state index is 0.313. The summed E-state index contributed by atoms with van der Waals surface area (Å²) in [6, 6.07) is 7.59. The summed E-state index contributed by atoms with van der Waals surface area (Å²) in [5, 5.41) is 3.61. The predicted molar refractivity (Wildman–Crippen MR) is 92.4 cm³/mol. The number of amides is 1. The van der Waals surface area contributed by atoms with Crippen molar-refractivity contribution in [1.29, 1.82) is 0 Å². The van der Waals surface area contributed by atoms with Gasteiger partial charge in [0.25, 0.3) is 5.91 Å². The first kappa shape index (κ1) is 17.3. The molecule has 1 aromatic carbocycles. The van der Waals surface area contributed by atoms with Crippen molar-refractivity contribution in [3.05, 3.63) is 24.3 Å². The third kappa shape index (κ3) is 5.28. The van der Waals surface area contributed by atoms with Gasteiger partial charge in [0.1, 0.15) is 0 Å². The summed E-state index contributed by atoms with van der Waals surface area (Å²) in [7, 11) is 1.56. The second-order valence-corrected chi connectivity index (χ2v) is 5.89. The molecule has 0 saturated heterocycles. The first-order valence-corrected chi connectivity index (χ1v) is 8.17. The zero-order valence-corrected chi connectivity index (χ0v) is 14.2. The normalized spacial score (nSPS) is 15.6. The molecular formula is C16H23N3O3S. The molecule has 1 fully saturated rings. The molecule has 0 aromatic heterocycles. The van der Waals surface area contributed by atoms with Gasteiger partial charge < -0.3 is 14.8 Å². The van der Waals surface area contributed by atoms with Gasteiger partial charge in [-0.1, -0.05) is 25.0 Å². The van der Waals surface area contributed by atoms with E-state index in [1.807, 2.05) is 12.1 Å². The number of rotatable bonds is 5. The van der Waals surface area contributed by atoms with Crippen molar-refractivity contribution in [2.24, 2.45) is 0 Å². The Hall–Kier alpha value is -2.02. The summed E-state index contributed by atoms with van der Waals surface area (Å²) >= 11 is 5.17. The lowest BCUT2D eigenvalue weighted by Gasteiger charge is -2.19. The van der Waals surface area contributed by atoms with Gasteiger partial charge in [-0.25, -0.2) is 0 Å². The minimum Gasteiger partial charge on any atom is -0.493 e. The first-order valence-electron chi connectivity index (χ1n) is 7.76. The fourth-order valence-corrected chi connectivity index (χ4v) is 2.69. The predicted octanol–water partition coefficient (Wildman–Crippen LogP) is 1.90. The van der Waals surface area contributed by atoms with Gasteiger partial charge in [0.15, 0.2) is 22.7 Å². The summed E-state index contributed by atoms with van der Waals surface area (Å²) in [4.78, 5) is 12.1. The number of methoxy groups -OCH3 is 1. The Bertz CT molecular complexity index is 547. The number of thiocarbonyl (C=S) groups is 1. The number of ether oxygens (including phenoxy) is 2. The van der Waals surface area contributed by atoms with Crippen molar-refractivity contribution in [1.82, 2.24) is 16.2 Å². The van der Waals surface area contributed by atoms with Crippen LogP contribution in [0.2, 0.25) is 0 Å². The van der Waals surface area contributed by atoms with Gasteiger partial charge in [-0.3, -0.25) is 15.6 Å². The number of hydrogen-bond acceptors (Lipinski definition) is 4. The first-order chi connectivity index (χ1) is 11.1. The SMILES string of the molecule is COc1ccccc1O[C@H](C)C(=O)NNC(=S)NC1CCCC1. The van der Waals surface area contributed by atoms with E-state index in [-0.39, 0.29) is 5.91 Å². The maximum atomic E-state index is 12.1. The zero-order chi connectivity index (χ0) is 16.7. The number of benzene rings is 1. The molecule has 0 unspecified atom stereocenters. The third-order valence-corrected chi connectivity index (χ3v) is 3.95. The maximum Gasteiger partial charge on any atom is 0.279 e. The Labute approximate surface area is 141 Å². The molecule has 23 heavy (non-hydrogen) atoms. The third-order valence-electron chi connectivity index (χ3n) is 3.73. The van der Waals surface area contributed by atoms with Crippen LogP contribution in [0.1, 0.15) is 32.6 Å². The van der Waals surface area contributed by atoms with E-state index in [0.29, 0.717) is 22.7 Å². The summed E-state index contributed by atoms with van der Waals surface area (Å²) in [6.45, 7) is 1.66. The molecule has 1 aromatic rings. The molecule has 1 aliphatic carbocycles. The van der Waals surface area contributed by atoms with E-state index >= 15 is 0 Å². The van der Waals surface area contributed by atoms with Gasteiger partial charge in [-0.15, -0.1) is 0 Å². The smallest absolute Gasteiger partial charge is 0.279 e. The number of carbonyl (C=O) groups is 1. The van der Waals surface area contributed by atoms with Crippen LogP contribution in [-0.2, 0) is 4.79 Å². The van der Waals surface area contributed by atoms with Crippen molar-refractivity contribution in [3.63, 3.8) is 0 Å². The molecule has 0 radical (unpaired) electrons. The Morgan fingerprint density at radius 3 is 2.52 bits per heavy atom. The van der Waals surface area contributed by atoms with Crippen molar-refractivity contribution in [3.8, 4) is 11.5 Å². The molecule has 6 nitrogen and oxygen atoms in total. The van der Waals surface area contributed by atoms with E-state index in [4.69, 9.17) is 21.7 Å². The molecule has 1 amide bonds. The topological polar surface area (TPSA) is 71.6 Å². The van der Waals surface area contributed by atoms with Crippen LogP contribution >= 0.6 is 12.2 Å². The lowest BCUT2D eigenvalue weighted by atomic mass is 10.3. The van der Waals surface area contributed by atoms with E-state index in [1.165, 1.54) is 12.8 Å². The molecule has 2 rings (SSSR count). The highest BCUT2D eigenvalue weighted by Crippen LogP contribution is 2.26. The molecule has 1 aliphatic rings. The van der Waals surface area contributed by atoms with E-state index in [0.717, 1.165) is 12.8 Å². The summed E-state index contributed by atoms with van der Waals surface area (Å²) < 4.78 is 10.8. The van der Waals surface area contributed by atoms with Crippen molar-refractivity contribution in [2.45, 2.75) is 44.8 Å². The molecule has 0 heterocycles. The van der Waals surface area contributed by atoms with Gasteiger partial charge >= 0.3 is 0 Å². The van der Waals surface area contributed by atoms with Crippen molar-refractivity contribution < 1.29 is 14.3 Å². The van der Waals surface area contributed by atoms with Crippen LogP contribution < -0.4 is 25.6 Å². The summed E-state index contributed by atoms with van der Waals surface area (Å²) in [5.41, 5.74) is 5.27. The van der Waals surface area contributed by atoms with Crippen LogP contribution in [0.3, 0.4) is 0 Å². The molecule has 126 valence electrons. The number of hydrazine groups is 1. The van der Waals surface area contributed by atoms with Crippen LogP contribution in [0.25, 0.3) is 0 Å². The van der Waals surface area contributed by atoms with E-state index in [9.17, 15) is 4.79 Å². The quantitative estimate of drug-likeness (QED) is 0.563. The largest absolute Gasteiger partial charge is 0.493 e. The second-order valence-electron chi connectivity index (χ2n) is 5.48. The number of hydrogen-bond donors (Lipinski definition) is 3. The van der Waals surface area contributed by atoms with Crippen LogP contribution in [0, 0.1) is 0 Å². The minimum atomic E-state index is -0.687. The van der Waals surface area contributed by atoms with Crippen LogP contribution in [-0.4, -0.2) is 30.3 Å². The molecule has 3 N–H and O–H groups in total. The number of nitrogens with one attached hydrogen (secondary N) is 3. The highest BCUT2D eigenvalue weighted by Gasteiger charge is 2.18. The Kier molecular flexibility index (Phi) is 6.46. The Balaban J connectivity index is 1.77. The standard InChI is InChI=1S/C16H23N3O3S/c1-11(22-14-10-6-5-9-13(14)21-2)15(20)18-19-16(23)17-12-7-3-4-8-12/h5-6,9-12H,3-4,7-8H2,1-2H3,(H,18,20)(H2,17,19,23)/t11-/m1/s1. The van der Waals surface area contributed by atoms with Crippen molar-refractivity contribution in [2.75, 3.05) is 7.11 Å². The molecule has 1 saturated carbocycles. The Morgan fingerprint density at radius 2 is 1.87 bits per heavy atom. The van der Waals surface area contributed by atoms with E-state index in [1.54, 1.807) is 26.2 Å². The molecule has 7 heteroatoms. The molecule has 0 bridgehead atoms. The van der Waals surface area contributed by atoms with Gasteiger partial charge in [0.05, 0.1) is 7.11 Å². The monoisotopic (exact) mass is 337 g/mol. The van der Waals surface area contributed by atoms with Gasteiger partial charge in [0.2, 0.25) is 0 Å². The Morgan fingerprint density at radius 1 is 1.22 bits per heavy atom. The van der Waals surface area contributed by atoms with Crippen LogP contribution in [0.4, 0.5) is 0 Å². The van der Waals surface area contributed by atoms with E-state index in [2.05, 4.69) is 16.2 Å². The number of carbonyl (C=O) groups excluding carboxylic acids is 1. The van der Waals surface area contributed by atoms with Crippen LogP contribution in [0.15, 0.2) is 24.3 Å². The van der Waals surface area contributed by atoms with Gasteiger partial charge in [0, 0.05) is 6.04 Å². The highest BCUT2D eigenvalue weighted by molar-refractivity contribution is 7.80. The molecule has 1 atom stereocenters. The summed E-state index contributed by atoms with van der Waals surface area (Å²) in [6.07, 6.45) is 3.98. The second kappa shape index (κ2) is 8.57. The maximum absolute atomic E-state index is 12.1.